The van der Waals surface area contributed by atoms with Gasteiger partial charge in [-0.1, -0.05) is 30.3 Å². The molecule has 0 saturated carbocycles. The van der Waals surface area contributed by atoms with Crippen molar-refractivity contribution >= 4 is 16.6 Å². The first-order chi connectivity index (χ1) is 12.6. The van der Waals surface area contributed by atoms with Crippen molar-refractivity contribution in [2.75, 3.05) is 19.0 Å². The van der Waals surface area contributed by atoms with Crippen LogP contribution in [0.25, 0.3) is 28.0 Å². The van der Waals surface area contributed by atoms with Crippen LogP contribution in [0.4, 0.5) is 5.69 Å². The third kappa shape index (κ3) is 2.75. The van der Waals surface area contributed by atoms with Crippen LogP contribution in [0.15, 0.2) is 83.7 Å². The zero-order valence-electron chi connectivity index (χ0n) is 14.8. The molecule has 0 amide bonds. The van der Waals surface area contributed by atoms with Gasteiger partial charge in [0.2, 0.25) is 0 Å². The van der Waals surface area contributed by atoms with Gasteiger partial charge in [0.05, 0.1) is 16.6 Å². The first kappa shape index (κ1) is 16.1. The summed E-state index contributed by atoms with van der Waals surface area (Å²) >= 11 is 0. The number of rotatable bonds is 3. The minimum absolute atomic E-state index is 0.0616. The number of benzene rings is 3. The van der Waals surface area contributed by atoms with E-state index >= 15 is 0 Å². The van der Waals surface area contributed by atoms with Crippen LogP contribution < -0.4 is 10.5 Å². The normalized spacial score (nSPS) is 10.8. The van der Waals surface area contributed by atoms with Crippen LogP contribution in [-0.2, 0) is 0 Å². The van der Waals surface area contributed by atoms with Crippen molar-refractivity contribution < 1.29 is 0 Å². The summed E-state index contributed by atoms with van der Waals surface area (Å²) in [5, 5.41) is 0.616. The topological polar surface area (TPSA) is 38.1 Å². The third-order valence-corrected chi connectivity index (χ3v) is 4.43. The van der Waals surface area contributed by atoms with E-state index in [1.165, 1.54) is 0 Å². The molecule has 128 valence electrons. The monoisotopic (exact) mass is 341 g/mol. The van der Waals surface area contributed by atoms with Crippen molar-refractivity contribution in [2.24, 2.45) is 0 Å². The van der Waals surface area contributed by atoms with E-state index in [1.807, 2.05) is 97.9 Å². The molecule has 0 aliphatic carbocycles. The molecule has 1 aromatic heterocycles. The molecule has 0 spiro atoms. The molecule has 0 saturated heterocycles. The second kappa shape index (κ2) is 6.48. The average molecular weight is 341 g/mol. The third-order valence-electron chi connectivity index (χ3n) is 4.43. The number of para-hydroxylation sites is 2. The van der Waals surface area contributed by atoms with Gasteiger partial charge in [-0.15, -0.1) is 0 Å². The van der Waals surface area contributed by atoms with Crippen molar-refractivity contribution in [2.45, 2.75) is 0 Å². The van der Waals surface area contributed by atoms with E-state index in [0.717, 1.165) is 16.9 Å². The van der Waals surface area contributed by atoms with Crippen LogP contribution >= 0.6 is 0 Å². The number of hydrogen-bond donors (Lipinski definition) is 0. The molecule has 0 aliphatic heterocycles. The molecular formula is C22H19N3O. The number of hydrogen-bond acceptors (Lipinski definition) is 3. The molecule has 0 radical (unpaired) electrons. The Morgan fingerprint density at radius 3 is 2.15 bits per heavy atom. The molecular weight excluding hydrogens is 322 g/mol. The zero-order chi connectivity index (χ0) is 18.1. The number of fused-ring (bicyclic) bond motifs is 1. The molecule has 0 bridgehead atoms. The fraction of sp³-hybridized carbons (Fsp3) is 0.0909. The van der Waals surface area contributed by atoms with Crippen molar-refractivity contribution in [3.63, 3.8) is 0 Å². The maximum absolute atomic E-state index is 13.2. The largest absolute Gasteiger partial charge is 0.378 e. The molecule has 0 unspecified atom stereocenters. The molecule has 4 aromatic rings. The summed E-state index contributed by atoms with van der Waals surface area (Å²) in [7, 11) is 4.01. The lowest BCUT2D eigenvalue weighted by Crippen LogP contribution is -2.21. The van der Waals surface area contributed by atoms with Crippen molar-refractivity contribution in [3.8, 4) is 17.1 Å². The maximum Gasteiger partial charge on any atom is 0.266 e. The van der Waals surface area contributed by atoms with E-state index in [4.69, 9.17) is 4.98 Å². The van der Waals surface area contributed by atoms with Gasteiger partial charge in [0.15, 0.2) is 0 Å². The Bertz CT molecular complexity index is 1110. The highest BCUT2D eigenvalue weighted by molar-refractivity contribution is 5.80. The Kier molecular flexibility index (Phi) is 4.01. The zero-order valence-corrected chi connectivity index (χ0v) is 14.8. The summed E-state index contributed by atoms with van der Waals surface area (Å²) in [6, 6.07) is 25.2. The van der Waals surface area contributed by atoms with Gasteiger partial charge < -0.3 is 4.90 Å². The first-order valence-electron chi connectivity index (χ1n) is 8.50. The van der Waals surface area contributed by atoms with Gasteiger partial charge in [0.1, 0.15) is 5.82 Å². The Hall–Kier alpha value is -3.40. The second-order valence-corrected chi connectivity index (χ2v) is 6.37. The van der Waals surface area contributed by atoms with E-state index in [1.54, 1.807) is 4.57 Å². The van der Waals surface area contributed by atoms with Gasteiger partial charge in [0, 0.05) is 25.3 Å². The molecule has 1 heterocycles. The van der Waals surface area contributed by atoms with Crippen molar-refractivity contribution in [3.05, 3.63) is 89.2 Å². The van der Waals surface area contributed by atoms with Gasteiger partial charge >= 0.3 is 0 Å². The summed E-state index contributed by atoms with van der Waals surface area (Å²) in [5.74, 6) is 0.644. The lowest BCUT2D eigenvalue weighted by atomic mass is 10.1. The highest BCUT2D eigenvalue weighted by Crippen LogP contribution is 2.24. The summed E-state index contributed by atoms with van der Waals surface area (Å²) in [6.07, 6.45) is 0. The van der Waals surface area contributed by atoms with E-state index in [9.17, 15) is 4.79 Å². The highest BCUT2D eigenvalue weighted by Gasteiger charge is 2.14. The quantitative estimate of drug-likeness (QED) is 0.563. The van der Waals surface area contributed by atoms with Crippen LogP contribution in [-0.4, -0.2) is 23.6 Å². The number of nitrogens with zero attached hydrogens (tertiary/aromatic N) is 3. The predicted octanol–water partition coefficient (Wildman–Crippen LogP) is 4.12. The minimum Gasteiger partial charge on any atom is -0.378 e. The molecule has 4 rings (SSSR count). The SMILES string of the molecule is CN(C)c1ccc(-c2nc3ccccc3c(=O)n2-c2ccccc2)cc1. The Labute approximate surface area is 152 Å². The molecule has 0 N–H and O–H groups in total. The highest BCUT2D eigenvalue weighted by atomic mass is 16.1. The lowest BCUT2D eigenvalue weighted by molar-refractivity contribution is 0.975. The Morgan fingerprint density at radius 2 is 1.46 bits per heavy atom. The van der Waals surface area contributed by atoms with E-state index in [-0.39, 0.29) is 5.56 Å². The summed E-state index contributed by atoms with van der Waals surface area (Å²) in [4.78, 5) is 20.1. The Morgan fingerprint density at radius 1 is 0.808 bits per heavy atom. The molecule has 4 nitrogen and oxygen atoms in total. The van der Waals surface area contributed by atoms with Crippen LogP contribution in [0, 0.1) is 0 Å². The van der Waals surface area contributed by atoms with E-state index in [2.05, 4.69) is 0 Å². The predicted molar refractivity (Wildman–Crippen MR) is 107 cm³/mol. The average Bonchev–Trinajstić information content (AvgIpc) is 2.68. The van der Waals surface area contributed by atoms with Crippen LogP contribution in [0.3, 0.4) is 0 Å². The molecule has 3 aromatic carbocycles. The van der Waals surface area contributed by atoms with Gasteiger partial charge in [-0.05, 0) is 48.5 Å². The van der Waals surface area contributed by atoms with Crippen molar-refractivity contribution in [1.29, 1.82) is 0 Å². The van der Waals surface area contributed by atoms with E-state index in [0.29, 0.717) is 16.7 Å². The van der Waals surface area contributed by atoms with Crippen LogP contribution in [0.2, 0.25) is 0 Å². The van der Waals surface area contributed by atoms with Gasteiger partial charge in [0.25, 0.3) is 5.56 Å². The maximum atomic E-state index is 13.2. The lowest BCUT2D eigenvalue weighted by Gasteiger charge is -2.16. The van der Waals surface area contributed by atoms with Gasteiger partial charge in [-0.25, -0.2) is 4.98 Å². The van der Waals surface area contributed by atoms with Gasteiger partial charge in [-0.2, -0.15) is 0 Å². The molecule has 0 fully saturated rings. The van der Waals surface area contributed by atoms with E-state index < -0.39 is 0 Å². The number of anilines is 1. The fourth-order valence-corrected chi connectivity index (χ4v) is 3.05. The fourth-order valence-electron chi connectivity index (χ4n) is 3.05. The standard InChI is InChI=1S/C22H19N3O/c1-24(2)17-14-12-16(13-15-17)21-23-20-11-7-6-10-19(20)22(26)25(21)18-8-4-3-5-9-18/h3-15H,1-2H3. The molecule has 4 heteroatoms. The van der Waals surface area contributed by atoms with Crippen LogP contribution in [0.5, 0.6) is 0 Å². The molecule has 0 atom stereocenters. The van der Waals surface area contributed by atoms with Gasteiger partial charge in [-0.3, -0.25) is 9.36 Å². The minimum atomic E-state index is -0.0616. The van der Waals surface area contributed by atoms with Crippen molar-refractivity contribution in [1.82, 2.24) is 9.55 Å². The number of aromatic nitrogens is 2. The summed E-state index contributed by atoms with van der Waals surface area (Å²) in [6.45, 7) is 0. The summed E-state index contributed by atoms with van der Waals surface area (Å²) < 4.78 is 1.69. The molecule has 0 aliphatic rings. The molecule has 26 heavy (non-hydrogen) atoms. The smallest absolute Gasteiger partial charge is 0.266 e. The first-order valence-corrected chi connectivity index (χ1v) is 8.50. The second-order valence-electron chi connectivity index (χ2n) is 6.37. The summed E-state index contributed by atoms with van der Waals surface area (Å²) in [5.41, 5.74) is 3.46. The Balaban J connectivity index is 2.02. The van der Waals surface area contributed by atoms with Crippen LogP contribution in [0.1, 0.15) is 0 Å².